The van der Waals surface area contributed by atoms with Crippen LogP contribution in [0.5, 0.6) is 0 Å². The molecule has 0 amide bonds. The molecule has 12 aromatic rings. The van der Waals surface area contributed by atoms with Crippen LogP contribution >= 0.6 is 0 Å². The maximum atomic E-state index is 2.27. The lowest BCUT2D eigenvalue weighted by molar-refractivity contribution is 1.44. The maximum Gasteiger partial charge on any atom is -0.0103 e. The van der Waals surface area contributed by atoms with Gasteiger partial charge in [0.2, 0.25) is 0 Å². The molecule has 0 atom stereocenters. The summed E-state index contributed by atoms with van der Waals surface area (Å²) in [6.07, 6.45) is 0. The zero-order valence-corrected chi connectivity index (χ0v) is 71.7. The molecule has 12 aromatic carbocycles. The molecule has 0 aliphatic heterocycles. The summed E-state index contributed by atoms with van der Waals surface area (Å²) in [5.74, 6) is 0. The lowest BCUT2D eigenvalue weighted by atomic mass is 9.92. The van der Waals surface area contributed by atoms with Crippen molar-refractivity contribution in [3.63, 3.8) is 0 Å². The van der Waals surface area contributed by atoms with Gasteiger partial charge in [-0.3, -0.25) is 0 Å². The number of benzene rings is 12. The van der Waals surface area contributed by atoms with E-state index in [1.54, 1.807) is 0 Å². The minimum absolute atomic E-state index is 1.27. The number of aryl methyl sites for hydroxylation is 8. The predicted molar refractivity (Wildman–Crippen MR) is 483 cm³/mol. The molecule has 0 fully saturated rings. The van der Waals surface area contributed by atoms with E-state index in [-0.39, 0.29) is 0 Å². The summed E-state index contributed by atoms with van der Waals surface area (Å²) in [5.41, 5.74) is 30.9. The van der Waals surface area contributed by atoms with Crippen LogP contribution in [0.15, 0.2) is 291 Å². The molecule has 0 aliphatic rings. The highest BCUT2D eigenvalue weighted by atomic mass is 14.2. The monoisotopic (exact) mass is 1390 g/mol. The smallest absolute Gasteiger partial charge is 0.0103 e. The molecule has 0 nitrogen and oxygen atoms in total. The Labute approximate surface area is 642 Å². The van der Waals surface area contributed by atoms with Gasteiger partial charge in [0.15, 0.2) is 0 Å². The predicted octanol–water partition coefficient (Wildman–Crippen LogP) is 34.9. The van der Waals surface area contributed by atoms with E-state index in [0.717, 1.165) is 0 Å². The summed E-state index contributed by atoms with van der Waals surface area (Å²) in [7, 11) is 0. The molecule has 0 bridgehead atoms. The molecular formula is C104H144. The third kappa shape index (κ3) is 35.7. The topological polar surface area (TPSA) is 0 Å². The zero-order chi connectivity index (χ0) is 79.8. The molecule has 0 aliphatic carbocycles. The van der Waals surface area contributed by atoms with E-state index in [0.29, 0.717) is 0 Å². The molecular weight excluding hydrogens is 1250 g/mol. The van der Waals surface area contributed by atoms with Crippen molar-refractivity contribution in [3.05, 3.63) is 336 Å². The van der Waals surface area contributed by atoms with Crippen molar-refractivity contribution in [3.8, 4) is 89.0 Å². The highest BCUT2D eigenvalue weighted by Gasteiger charge is 2.11. The average molecular weight is 1390 g/mol. The Morgan fingerprint density at radius 2 is 0.317 bits per heavy atom. The Morgan fingerprint density at radius 1 is 0.115 bits per heavy atom. The molecule has 560 valence electrons. The van der Waals surface area contributed by atoms with Crippen LogP contribution in [0.3, 0.4) is 0 Å². The fourth-order valence-corrected chi connectivity index (χ4v) is 10.1. The fourth-order valence-electron chi connectivity index (χ4n) is 10.1. The van der Waals surface area contributed by atoms with E-state index in [4.69, 9.17) is 0 Å². The van der Waals surface area contributed by atoms with E-state index in [1.807, 2.05) is 166 Å². The average Bonchev–Trinajstić information content (AvgIpc) is 0.856. The van der Waals surface area contributed by atoms with E-state index in [2.05, 4.69) is 347 Å². The Bertz CT molecular complexity index is 3850. The van der Waals surface area contributed by atoms with Gasteiger partial charge in [-0.25, -0.2) is 0 Å². The Kier molecular flexibility index (Phi) is 63.8. The summed E-state index contributed by atoms with van der Waals surface area (Å²) in [5, 5.41) is 0. The second-order valence-electron chi connectivity index (χ2n) is 21.0. The van der Waals surface area contributed by atoms with Crippen molar-refractivity contribution in [1.29, 1.82) is 0 Å². The third-order valence-corrected chi connectivity index (χ3v) is 14.7. The van der Waals surface area contributed by atoms with Crippen molar-refractivity contribution in [2.45, 2.75) is 222 Å². The van der Waals surface area contributed by atoms with Crippen LogP contribution in [0, 0.1) is 55.4 Å². The summed E-state index contributed by atoms with van der Waals surface area (Å²) in [4.78, 5) is 0. The number of hydrogen-bond donors (Lipinski definition) is 0. The van der Waals surface area contributed by atoms with E-state index in [1.165, 1.54) is 134 Å². The lowest BCUT2D eigenvalue weighted by Gasteiger charge is -2.12. The molecule has 0 aromatic heterocycles. The van der Waals surface area contributed by atoms with Crippen LogP contribution in [-0.2, 0) is 0 Å². The van der Waals surface area contributed by atoms with Crippen LogP contribution in [0.4, 0.5) is 0 Å². The normalized spacial score (nSPS) is 8.77. The van der Waals surface area contributed by atoms with Gasteiger partial charge in [-0.05, 0) is 162 Å². The maximum absolute atomic E-state index is 2.27. The summed E-state index contributed by atoms with van der Waals surface area (Å²) in [6, 6.07) is 104. The number of rotatable bonds is 8. The van der Waals surface area contributed by atoms with Crippen molar-refractivity contribution in [1.82, 2.24) is 0 Å². The van der Waals surface area contributed by atoms with Gasteiger partial charge in [0, 0.05) is 0 Å². The van der Waals surface area contributed by atoms with Crippen LogP contribution in [0.1, 0.15) is 211 Å². The van der Waals surface area contributed by atoms with Crippen molar-refractivity contribution < 1.29 is 0 Å². The molecule has 0 radical (unpaired) electrons. The van der Waals surface area contributed by atoms with Crippen LogP contribution in [0.25, 0.3) is 89.0 Å². The molecule has 0 N–H and O–H groups in total. The molecule has 104 heavy (non-hydrogen) atoms. The first-order valence-corrected chi connectivity index (χ1v) is 39.9. The van der Waals surface area contributed by atoms with Crippen molar-refractivity contribution >= 4 is 0 Å². The Morgan fingerprint density at radius 3 is 0.596 bits per heavy atom. The van der Waals surface area contributed by atoms with E-state index < -0.39 is 0 Å². The molecule has 0 saturated carbocycles. The largest absolute Gasteiger partial charge is 0.0683 e. The van der Waals surface area contributed by atoms with Crippen molar-refractivity contribution in [2.75, 3.05) is 0 Å². The fraction of sp³-hybridized carbons (Fsp3) is 0.308. The second-order valence-corrected chi connectivity index (χ2v) is 21.0. The zero-order valence-electron chi connectivity index (χ0n) is 71.7. The van der Waals surface area contributed by atoms with Gasteiger partial charge in [0.05, 0.1) is 0 Å². The highest BCUT2D eigenvalue weighted by Crippen LogP contribution is 2.36. The van der Waals surface area contributed by atoms with Gasteiger partial charge >= 0.3 is 0 Å². The van der Waals surface area contributed by atoms with Gasteiger partial charge in [0.25, 0.3) is 0 Å². The van der Waals surface area contributed by atoms with Crippen LogP contribution < -0.4 is 0 Å². The molecule has 0 unspecified atom stereocenters. The summed E-state index contributed by atoms with van der Waals surface area (Å²) < 4.78 is 0. The van der Waals surface area contributed by atoms with Crippen LogP contribution in [-0.4, -0.2) is 0 Å². The SMILES string of the molecule is CC.CC.CC.CC.CC.CC.CC.CC.CC.CC.CC.CC.Cc1ccc(-c2cccc(-c3ccccc3C)c2)cc1.Cc1ccc(-c2ccccc2-c2ccc(C)cc2)cc1.Cc1ccc(-c2ccccc2-c2cccc(C)c2)cc1.Cc1ccc(-c2ccccc2-c2ccccc2C)cc1. The standard InChI is InChI=1S/4C20H18.12C2H6/c1-15-10-12-17(13-11-15)19-8-3-4-9-20(19)18-7-5-6-16(2)14-18;1-15-11-13-17(14-12-15)19-9-5-6-10-20(19)18-8-4-3-7-16(18)2;1-15-10-12-17(13-11-15)18-7-5-8-19(14-18)20-9-4-3-6-16(20)2;1-15-7-11-17(12-8-15)19-5-3-4-6-20(19)18-13-9-16(2)10-14-18;12*1-2/h4*3-14H,1-2H3;12*1-2H3. The molecule has 0 heterocycles. The lowest BCUT2D eigenvalue weighted by Crippen LogP contribution is -1.87. The summed E-state index contributed by atoms with van der Waals surface area (Å²) >= 11 is 0. The molecule has 0 spiro atoms. The summed E-state index contributed by atoms with van der Waals surface area (Å²) in [6.45, 7) is 65.1. The minimum atomic E-state index is 1.27. The third-order valence-electron chi connectivity index (χ3n) is 14.7. The van der Waals surface area contributed by atoms with E-state index in [9.17, 15) is 0 Å². The molecule has 0 saturated heterocycles. The molecule has 12 rings (SSSR count). The Balaban J connectivity index is -0.000000583. The quantitative estimate of drug-likeness (QED) is 0.142. The van der Waals surface area contributed by atoms with Gasteiger partial charge in [-0.15, -0.1) is 0 Å². The number of hydrogen-bond acceptors (Lipinski definition) is 0. The first kappa shape index (κ1) is 101. The minimum Gasteiger partial charge on any atom is -0.0683 e. The first-order chi connectivity index (χ1) is 51.0. The van der Waals surface area contributed by atoms with E-state index >= 15 is 0 Å². The highest BCUT2D eigenvalue weighted by molar-refractivity contribution is 5.86. The Hall–Kier alpha value is -9.36. The van der Waals surface area contributed by atoms with Crippen LogP contribution in [0.2, 0.25) is 0 Å². The van der Waals surface area contributed by atoms with Crippen molar-refractivity contribution in [2.24, 2.45) is 0 Å². The van der Waals surface area contributed by atoms with Gasteiger partial charge < -0.3 is 0 Å². The first-order valence-electron chi connectivity index (χ1n) is 39.9. The van der Waals surface area contributed by atoms with Gasteiger partial charge in [0.1, 0.15) is 0 Å². The van der Waals surface area contributed by atoms with Gasteiger partial charge in [-0.2, -0.15) is 0 Å². The van der Waals surface area contributed by atoms with Gasteiger partial charge in [-0.1, -0.05) is 485 Å². The molecule has 0 heteroatoms. The second kappa shape index (κ2) is 65.6.